The molecule has 0 spiro atoms. The Labute approximate surface area is 120 Å². The van der Waals surface area contributed by atoms with Crippen molar-refractivity contribution in [2.75, 3.05) is 25.3 Å². The van der Waals surface area contributed by atoms with E-state index in [0.29, 0.717) is 0 Å². The fourth-order valence-electron chi connectivity index (χ4n) is 1.54. The van der Waals surface area contributed by atoms with Crippen LogP contribution >= 0.6 is 0 Å². The van der Waals surface area contributed by atoms with Gasteiger partial charge >= 0.3 is 5.97 Å². The van der Waals surface area contributed by atoms with Crippen LogP contribution in [-0.4, -0.2) is 50.4 Å². The van der Waals surface area contributed by atoms with Crippen LogP contribution in [0.5, 0.6) is 0 Å². The van der Waals surface area contributed by atoms with Crippen LogP contribution < -0.4 is 5.32 Å². The third kappa shape index (κ3) is 4.39. The lowest BCUT2D eigenvalue weighted by atomic mass is 10.2. The maximum atomic E-state index is 11.4. The number of benzene rings is 1. The Kier molecular flexibility index (Phi) is 5.22. The molecule has 1 aromatic rings. The third-order valence-electron chi connectivity index (χ3n) is 2.56. The molecule has 0 aromatic heterocycles. The van der Waals surface area contributed by atoms with E-state index in [1.54, 1.807) is 0 Å². The summed E-state index contributed by atoms with van der Waals surface area (Å²) in [5.41, 5.74) is -0.628. The molecule has 21 heavy (non-hydrogen) atoms. The SMILES string of the molecule is COCC(Nc1ccc(S(C)(=O)=O)cc1[N+](=O)[O-])C(=O)O. The summed E-state index contributed by atoms with van der Waals surface area (Å²) < 4.78 is 27.5. The van der Waals surface area contributed by atoms with Gasteiger partial charge < -0.3 is 15.2 Å². The van der Waals surface area contributed by atoms with Crippen molar-refractivity contribution in [2.45, 2.75) is 10.9 Å². The number of hydrogen-bond donors (Lipinski definition) is 2. The van der Waals surface area contributed by atoms with E-state index in [1.165, 1.54) is 7.11 Å². The minimum absolute atomic E-state index is 0.100. The fraction of sp³-hybridized carbons (Fsp3) is 0.364. The smallest absolute Gasteiger partial charge is 0.328 e. The van der Waals surface area contributed by atoms with Gasteiger partial charge in [0, 0.05) is 19.4 Å². The normalized spacial score (nSPS) is 12.7. The second kappa shape index (κ2) is 6.50. The van der Waals surface area contributed by atoms with Gasteiger partial charge in [0.2, 0.25) is 0 Å². The number of anilines is 1. The van der Waals surface area contributed by atoms with Gasteiger partial charge in [-0.25, -0.2) is 13.2 Å². The van der Waals surface area contributed by atoms with Crippen LogP contribution in [0.25, 0.3) is 0 Å². The molecule has 0 aliphatic heterocycles. The van der Waals surface area contributed by atoms with Crippen LogP contribution in [0.3, 0.4) is 0 Å². The number of rotatable bonds is 7. The topological polar surface area (TPSA) is 136 Å². The molecular formula is C11H14N2O7S. The Bertz CT molecular complexity index is 657. The number of ether oxygens (including phenoxy) is 1. The van der Waals surface area contributed by atoms with E-state index < -0.39 is 32.5 Å². The number of carboxylic acids is 1. The predicted molar refractivity (Wildman–Crippen MR) is 73.1 cm³/mol. The van der Waals surface area contributed by atoms with E-state index in [9.17, 15) is 23.3 Å². The summed E-state index contributed by atoms with van der Waals surface area (Å²) in [6.07, 6.45) is 0.921. The zero-order valence-corrected chi connectivity index (χ0v) is 12.1. The van der Waals surface area contributed by atoms with Gasteiger partial charge in [0.05, 0.1) is 16.4 Å². The van der Waals surface area contributed by atoms with E-state index in [4.69, 9.17) is 9.84 Å². The van der Waals surface area contributed by atoms with Crippen molar-refractivity contribution < 1.29 is 28.0 Å². The molecule has 1 unspecified atom stereocenters. The van der Waals surface area contributed by atoms with Gasteiger partial charge in [0.1, 0.15) is 11.7 Å². The molecule has 2 N–H and O–H groups in total. The highest BCUT2D eigenvalue weighted by Gasteiger charge is 2.23. The first kappa shape index (κ1) is 16.9. The molecule has 1 atom stereocenters. The Balaban J connectivity index is 3.24. The molecule has 9 nitrogen and oxygen atoms in total. The van der Waals surface area contributed by atoms with Gasteiger partial charge in [0.25, 0.3) is 5.69 Å². The lowest BCUT2D eigenvalue weighted by molar-refractivity contribution is -0.384. The van der Waals surface area contributed by atoms with Crippen molar-refractivity contribution >= 4 is 27.2 Å². The largest absolute Gasteiger partial charge is 0.480 e. The molecule has 0 aliphatic carbocycles. The van der Waals surface area contributed by atoms with Crippen LogP contribution in [-0.2, 0) is 19.4 Å². The highest BCUT2D eigenvalue weighted by molar-refractivity contribution is 7.90. The Morgan fingerprint density at radius 3 is 2.57 bits per heavy atom. The Morgan fingerprint density at radius 1 is 1.52 bits per heavy atom. The van der Waals surface area contributed by atoms with Crippen LogP contribution in [0.15, 0.2) is 23.1 Å². The highest BCUT2D eigenvalue weighted by Crippen LogP contribution is 2.28. The standard InChI is InChI=1S/C11H14N2O7S/c1-20-6-9(11(14)15)12-8-4-3-7(21(2,18)19)5-10(8)13(16)17/h3-5,9,12H,6H2,1-2H3,(H,14,15). The van der Waals surface area contributed by atoms with Gasteiger partial charge in [-0.05, 0) is 12.1 Å². The molecule has 0 bridgehead atoms. The number of nitrogens with zero attached hydrogens (tertiary/aromatic N) is 1. The van der Waals surface area contributed by atoms with Gasteiger partial charge in [-0.1, -0.05) is 0 Å². The number of sulfone groups is 1. The Morgan fingerprint density at radius 2 is 2.14 bits per heavy atom. The van der Waals surface area contributed by atoms with Crippen LogP contribution in [0.4, 0.5) is 11.4 Å². The first-order valence-electron chi connectivity index (χ1n) is 5.63. The van der Waals surface area contributed by atoms with Gasteiger partial charge in [-0.2, -0.15) is 0 Å². The Hall–Kier alpha value is -2.20. The summed E-state index contributed by atoms with van der Waals surface area (Å²) in [5.74, 6) is -1.25. The molecule has 1 rings (SSSR count). The number of aliphatic carboxylic acids is 1. The summed E-state index contributed by atoms with van der Waals surface area (Å²) in [5, 5.41) is 22.4. The van der Waals surface area contributed by atoms with Crippen molar-refractivity contribution in [1.82, 2.24) is 0 Å². The maximum Gasteiger partial charge on any atom is 0.328 e. The van der Waals surface area contributed by atoms with Crippen molar-refractivity contribution in [1.29, 1.82) is 0 Å². The molecule has 0 heterocycles. The molecule has 0 saturated heterocycles. The minimum atomic E-state index is -3.60. The first-order valence-corrected chi connectivity index (χ1v) is 7.52. The molecule has 0 fully saturated rings. The molecule has 0 radical (unpaired) electrons. The monoisotopic (exact) mass is 318 g/mol. The number of nitro benzene ring substituents is 1. The zero-order chi connectivity index (χ0) is 16.2. The highest BCUT2D eigenvalue weighted by atomic mass is 32.2. The summed E-state index contributed by atoms with van der Waals surface area (Å²) in [6.45, 7) is -0.208. The predicted octanol–water partition coefficient (Wildman–Crippen LogP) is 0.510. The maximum absolute atomic E-state index is 11.4. The number of carbonyl (C=O) groups is 1. The van der Waals surface area contributed by atoms with Crippen molar-refractivity contribution in [2.24, 2.45) is 0 Å². The van der Waals surface area contributed by atoms with Crippen molar-refractivity contribution in [3.8, 4) is 0 Å². The first-order chi connectivity index (χ1) is 9.66. The lowest BCUT2D eigenvalue weighted by Gasteiger charge is -2.15. The lowest BCUT2D eigenvalue weighted by Crippen LogP contribution is -2.33. The number of nitrogens with one attached hydrogen (secondary N) is 1. The summed E-state index contributed by atoms with van der Waals surface area (Å²) in [4.78, 5) is 21.0. The number of carboxylic acid groups (broad SMARTS) is 1. The van der Waals surface area contributed by atoms with Crippen molar-refractivity contribution in [3.05, 3.63) is 28.3 Å². The van der Waals surface area contributed by atoms with Crippen molar-refractivity contribution in [3.63, 3.8) is 0 Å². The fourth-order valence-corrected chi connectivity index (χ4v) is 2.19. The quantitative estimate of drug-likeness (QED) is 0.548. The van der Waals surface area contributed by atoms with Crippen LogP contribution in [0, 0.1) is 10.1 Å². The molecular weight excluding hydrogens is 304 g/mol. The zero-order valence-electron chi connectivity index (χ0n) is 11.3. The van der Waals surface area contributed by atoms with E-state index in [-0.39, 0.29) is 17.2 Å². The molecule has 10 heteroatoms. The van der Waals surface area contributed by atoms with Gasteiger partial charge in [0.15, 0.2) is 9.84 Å². The average Bonchev–Trinajstić information content (AvgIpc) is 2.36. The number of nitro groups is 1. The average molecular weight is 318 g/mol. The summed E-state index contributed by atoms with van der Waals surface area (Å²) >= 11 is 0. The van der Waals surface area contributed by atoms with Gasteiger partial charge in [-0.3, -0.25) is 10.1 Å². The van der Waals surface area contributed by atoms with Gasteiger partial charge in [-0.15, -0.1) is 0 Å². The summed E-state index contributed by atoms with van der Waals surface area (Å²) in [6, 6.07) is 2.00. The molecule has 116 valence electrons. The second-order valence-electron chi connectivity index (χ2n) is 4.20. The number of methoxy groups -OCH3 is 1. The van der Waals surface area contributed by atoms with E-state index >= 15 is 0 Å². The molecule has 0 aliphatic rings. The van der Waals surface area contributed by atoms with E-state index in [2.05, 4.69) is 5.32 Å². The molecule has 0 amide bonds. The van der Waals surface area contributed by atoms with E-state index in [0.717, 1.165) is 24.5 Å². The molecule has 1 aromatic carbocycles. The number of hydrogen-bond acceptors (Lipinski definition) is 7. The van der Waals surface area contributed by atoms with E-state index in [1.807, 2.05) is 0 Å². The van der Waals surface area contributed by atoms with Crippen LogP contribution in [0.2, 0.25) is 0 Å². The minimum Gasteiger partial charge on any atom is -0.480 e. The summed E-state index contributed by atoms with van der Waals surface area (Å²) in [7, 11) is -2.31. The van der Waals surface area contributed by atoms with Crippen LogP contribution in [0.1, 0.15) is 0 Å². The molecule has 0 saturated carbocycles. The third-order valence-corrected chi connectivity index (χ3v) is 3.67. The second-order valence-corrected chi connectivity index (χ2v) is 6.21.